The number of nitrogen functional groups attached to an aromatic ring is 1. The zero-order chi connectivity index (χ0) is 13.8. The third-order valence-corrected chi connectivity index (χ3v) is 2.75. The highest BCUT2D eigenvalue weighted by Crippen LogP contribution is 2.15. The monoisotopic (exact) mass is 259 g/mol. The Morgan fingerprint density at radius 3 is 2.84 bits per heavy atom. The van der Waals surface area contributed by atoms with Gasteiger partial charge in [0.25, 0.3) is 0 Å². The van der Waals surface area contributed by atoms with Crippen LogP contribution in [0, 0.1) is 0 Å². The molecule has 0 aliphatic rings. The summed E-state index contributed by atoms with van der Waals surface area (Å²) in [6, 6.07) is 7.53. The lowest BCUT2D eigenvalue weighted by molar-refractivity contribution is -0.116. The van der Waals surface area contributed by atoms with Crippen molar-refractivity contribution >= 4 is 17.5 Å². The smallest absolute Gasteiger partial charge is 0.237 e. The minimum absolute atomic E-state index is 0.111. The first-order chi connectivity index (χ1) is 9.06. The first kappa shape index (κ1) is 12.9. The van der Waals surface area contributed by atoms with Crippen molar-refractivity contribution in [1.29, 1.82) is 0 Å². The fraction of sp³-hybridized carbons (Fsp3) is 0.231. The van der Waals surface area contributed by atoms with Gasteiger partial charge in [-0.15, -0.1) is 0 Å². The summed E-state index contributed by atoms with van der Waals surface area (Å²) in [5.74, 6) is 0.299. The molecule has 6 heteroatoms. The van der Waals surface area contributed by atoms with Crippen LogP contribution < -0.4 is 16.4 Å². The normalized spacial score (nSPS) is 10.4. The number of carbonyl (C=O) groups excluding carboxylic acids is 1. The molecule has 100 valence electrons. The zero-order valence-corrected chi connectivity index (χ0v) is 10.8. The van der Waals surface area contributed by atoms with E-state index in [1.165, 1.54) is 0 Å². The van der Waals surface area contributed by atoms with Gasteiger partial charge in [0, 0.05) is 31.7 Å². The van der Waals surface area contributed by atoms with E-state index in [2.05, 4.69) is 4.98 Å². The number of nitrogens with two attached hydrogens (primary N) is 2. The van der Waals surface area contributed by atoms with Crippen LogP contribution in [-0.4, -0.2) is 22.0 Å². The predicted molar refractivity (Wildman–Crippen MR) is 74.3 cm³/mol. The lowest BCUT2D eigenvalue weighted by Gasteiger charge is -2.22. The molecule has 0 radical (unpaired) electrons. The summed E-state index contributed by atoms with van der Waals surface area (Å²) in [4.78, 5) is 17.2. The van der Waals surface area contributed by atoms with Gasteiger partial charge in [0.15, 0.2) is 0 Å². The number of hydrogen-bond donors (Lipinski definition) is 2. The molecule has 0 aliphatic carbocycles. The van der Waals surface area contributed by atoms with Gasteiger partial charge in [-0.05, 0) is 17.7 Å². The second kappa shape index (κ2) is 5.43. The molecule has 0 unspecified atom stereocenters. The molecule has 19 heavy (non-hydrogen) atoms. The maximum Gasteiger partial charge on any atom is 0.237 e. The Labute approximate surface area is 111 Å². The molecule has 0 saturated carbocycles. The van der Waals surface area contributed by atoms with Crippen LogP contribution in [0.3, 0.4) is 0 Å². The summed E-state index contributed by atoms with van der Waals surface area (Å²) in [7, 11) is 1.87. The van der Waals surface area contributed by atoms with Crippen molar-refractivity contribution in [3.05, 3.63) is 42.2 Å². The first-order valence-corrected chi connectivity index (χ1v) is 5.91. The van der Waals surface area contributed by atoms with E-state index in [1.807, 2.05) is 47.0 Å². The topological polar surface area (TPSA) is 90.2 Å². The van der Waals surface area contributed by atoms with Crippen molar-refractivity contribution in [2.75, 3.05) is 17.2 Å². The average molecular weight is 259 g/mol. The van der Waals surface area contributed by atoms with E-state index in [0.717, 1.165) is 5.56 Å². The van der Waals surface area contributed by atoms with Gasteiger partial charge in [0.05, 0.1) is 6.54 Å². The molecular weight excluding hydrogens is 242 g/mol. The van der Waals surface area contributed by atoms with Crippen LogP contribution in [0.25, 0.3) is 0 Å². The summed E-state index contributed by atoms with van der Waals surface area (Å²) >= 11 is 0. The lowest BCUT2D eigenvalue weighted by Crippen LogP contribution is -2.34. The number of anilines is 2. The number of rotatable bonds is 5. The molecular formula is C13H17N5O. The Morgan fingerprint density at radius 1 is 1.47 bits per heavy atom. The third kappa shape index (κ3) is 3.25. The molecule has 0 bridgehead atoms. The van der Waals surface area contributed by atoms with Crippen LogP contribution in [0.5, 0.6) is 0 Å². The number of amides is 1. The van der Waals surface area contributed by atoms with Crippen LogP contribution in [0.2, 0.25) is 0 Å². The summed E-state index contributed by atoms with van der Waals surface area (Å²) < 4.78 is 1.84. The van der Waals surface area contributed by atoms with Crippen molar-refractivity contribution in [3.63, 3.8) is 0 Å². The van der Waals surface area contributed by atoms with Gasteiger partial charge in [-0.1, -0.05) is 12.1 Å². The summed E-state index contributed by atoms with van der Waals surface area (Å²) in [5, 5.41) is 0. The molecule has 0 aliphatic heterocycles. The Balaban J connectivity index is 2.24. The molecule has 1 amide bonds. The highest BCUT2D eigenvalue weighted by Gasteiger charge is 2.14. The Kier molecular flexibility index (Phi) is 3.70. The van der Waals surface area contributed by atoms with Crippen LogP contribution in [0.15, 0.2) is 36.7 Å². The molecule has 2 aromatic rings. The van der Waals surface area contributed by atoms with Gasteiger partial charge in [-0.3, -0.25) is 4.79 Å². The highest BCUT2D eigenvalue weighted by atomic mass is 16.1. The maximum absolute atomic E-state index is 11.2. The van der Waals surface area contributed by atoms with Crippen LogP contribution in [-0.2, 0) is 18.4 Å². The zero-order valence-electron chi connectivity index (χ0n) is 10.8. The van der Waals surface area contributed by atoms with Crippen LogP contribution in [0.1, 0.15) is 5.56 Å². The van der Waals surface area contributed by atoms with Crippen LogP contribution in [0.4, 0.5) is 11.6 Å². The lowest BCUT2D eigenvalue weighted by atomic mass is 10.2. The molecule has 4 N–H and O–H groups in total. The van der Waals surface area contributed by atoms with Crippen molar-refractivity contribution < 1.29 is 4.79 Å². The number of hydrogen-bond acceptors (Lipinski definition) is 4. The van der Waals surface area contributed by atoms with Gasteiger partial charge in [0.2, 0.25) is 11.9 Å². The molecule has 6 nitrogen and oxygen atoms in total. The second-order valence-corrected chi connectivity index (χ2v) is 4.41. The van der Waals surface area contributed by atoms with E-state index in [1.54, 1.807) is 6.20 Å². The largest absolute Gasteiger partial charge is 0.399 e. The highest BCUT2D eigenvalue weighted by molar-refractivity contribution is 5.78. The van der Waals surface area contributed by atoms with E-state index in [0.29, 0.717) is 18.2 Å². The van der Waals surface area contributed by atoms with Gasteiger partial charge in [-0.25, -0.2) is 4.98 Å². The van der Waals surface area contributed by atoms with Crippen molar-refractivity contribution in [3.8, 4) is 0 Å². The minimum atomic E-state index is -0.396. The van der Waals surface area contributed by atoms with E-state index in [4.69, 9.17) is 11.5 Å². The number of primary amides is 1. The number of aryl methyl sites for hydroxylation is 1. The fourth-order valence-electron chi connectivity index (χ4n) is 1.96. The summed E-state index contributed by atoms with van der Waals surface area (Å²) in [6.45, 7) is 0.637. The van der Waals surface area contributed by atoms with E-state index < -0.39 is 5.91 Å². The fourth-order valence-corrected chi connectivity index (χ4v) is 1.96. The SMILES string of the molecule is Cn1ccnc1N(CC(N)=O)Cc1cccc(N)c1. The second-order valence-electron chi connectivity index (χ2n) is 4.41. The number of nitrogens with zero attached hydrogens (tertiary/aromatic N) is 3. The quantitative estimate of drug-likeness (QED) is 0.765. The molecule has 0 saturated heterocycles. The van der Waals surface area contributed by atoms with Gasteiger partial charge >= 0.3 is 0 Å². The van der Waals surface area contributed by atoms with Gasteiger partial charge < -0.3 is 20.9 Å². The van der Waals surface area contributed by atoms with E-state index >= 15 is 0 Å². The third-order valence-electron chi connectivity index (χ3n) is 2.75. The van der Waals surface area contributed by atoms with E-state index in [9.17, 15) is 4.79 Å². The Morgan fingerprint density at radius 2 is 2.26 bits per heavy atom. The first-order valence-electron chi connectivity index (χ1n) is 5.91. The van der Waals surface area contributed by atoms with Gasteiger partial charge in [0.1, 0.15) is 0 Å². The Bertz CT molecular complexity index is 578. The van der Waals surface area contributed by atoms with Crippen molar-refractivity contribution in [2.24, 2.45) is 12.8 Å². The van der Waals surface area contributed by atoms with Gasteiger partial charge in [-0.2, -0.15) is 0 Å². The average Bonchev–Trinajstić information content (AvgIpc) is 2.74. The molecule has 1 aromatic heterocycles. The number of aromatic nitrogens is 2. The Hall–Kier alpha value is -2.50. The molecule has 0 spiro atoms. The predicted octanol–water partition coefficient (Wildman–Crippen LogP) is 0.494. The number of imidazole rings is 1. The minimum Gasteiger partial charge on any atom is -0.399 e. The molecule has 1 heterocycles. The van der Waals surface area contributed by atoms with E-state index in [-0.39, 0.29) is 6.54 Å². The van der Waals surface area contributed by atoms with Crippen molar-refractivity contribution in [1.82, 2.24) is 9.55 Å². The summed E-state index contributed by atoms with van der Waals surface area (Å²) in [5.41, 5.74) is 12.7. The molecule has 0 atom stereocenters. The molecule has 2 rings (SSSR count). The molecule has 1 aromatic carbocycles. The van der Waals surface area contributed by atoms with Crippen molar-refractivity contribution in [2.45, 2.75) is 6.54 Å². The standard InChI is InChI=1S/C13H17N5O/c1-17-6-5-16-13(17)18(9-12(15)19)8-10-3-2-4-11(14)7-10/h2-7H,8-9,14H2,1H3,(H2,15,19). The molecule has 0 fully saturated rings. The number of carbonyl (C=O) groups is 1. The summed E-state index contributed by atoms with van der Waals surface area (Å²) in [6.07, 6.45) is 3.51. The van der Waals surface area contributed by atoms with Crippen LogP contribution >= 0.6 is 0 Å². The maximum atomic E-state index is 11.2. The number of benzene rings is 1.